The Labute approximate surface area is 183 Å². The van der Waals surface area contributed by atoms with Gasteiger partial charge in [0.15, 0.2) is 0 Å². The molecule has 1 aliphatic rings. The predicted molar refractivity (Wildman–Crippen MR) is 124 cm³/mol. The lowest BCUT2D eigenvalue weighted by atomic mass is 10.1. The van der Waals surface area contributed by atoms with Crippen molar-refractivity contribution in [2.24, 2.45) is 0 Å². The molecule has 6 heteroatoms. The Hall–Kier alpha value is -3.38. The highest BCUT2D eigenvalue weighted by Gasteiger charge is 2.14. The van der Waals surface area contributed by atoms with Gasteiger partial charge in [0.25, 0.3) is 5.91 Å². The second-order valence-electron chi connectivity index (χ2n) is 7.94. The first-order chi connectivity index (χ1) is 15.1. The summed E-state index contributed by atoms with van der Waals surface area (Å²) in [4.78, 5) is 21.8. The van der Waals surface area contributed by atoms with Gasteiger partial charge in [-0.3, -0.25) is 9.78 Å². The zero-order valence-electron chi connectivity index (χ0n) is 17.8. The van der Waals surface area contributed by atoms with Gasteiger partial charge in [0, 0.05) is 55.7 Å². The van der Waals surface area contributed by atoms with Crippen LogP contribution in [-0.4, -0.2) is 60.7 Å². The fourth-order valence-corrected chi connectivity index (χ4v) is 3.72. The second-order valence-corrected chi connectivity index (χ2v) is 7.94. The van der Waals surface area contributed by atoms with Crippen LogP contribution < -0.4 is 10.2 Å². The molecule has 1 aliphatic heterocycles. The first-order valence-electron chi connectivity index (χ1n) is 10.6. The first-order valence-corrected chi connectivity index (χ1v) is 10.6. The van der Waals surface area contributed by atoms with Gasteiger partial charge in [0.1, 0.15) is 5.75 Å². The molecular weight excluding hydrogens is 388 g/mol. The normalized spacial score (nSPS) is 14.4. The number of carbonyl (C=O) groups is 1. The molecule has 0 aliphatic carbocycles. The Kier molecular flexibility index (Phi) is 6.48. The Bertz CT molecular complexity index is 1010. The van der Waals surface area contributed by atoms with E-state index in [1.54, 1.807) is 24.4 Å². The van der Waals surface area contributed by atoms with Crippen molar-refractivity contribution in [3.8, 4) is 17.0 Å². The number of aromatic nitrogens is 1. The van der Waals surface area contributed by atoms with Gasteiger partial charge in [-0.25, -0.2) is 0 Å². The van der Waals surface area contributed by atoms with Crippen LogP contribution >= 0.6 is 0 Å². The third-order valence-electron chi connectivity index (χ3n) is 5.69. The number of benzene rings is 2. The molecule has 2 heterocycles. The average molecular weight is 417 g/mol. The number of hydrogen-bond acceptors (Lipinski definition) is 5. The van der Waals surface area contributed by atoms with Crippen LogP contribution in [0.15, 0.2) is 66.9 Å². The molecule has 6 nitrogen and oxygen atoms in total. The van der Waals surface area contributed by atoms with E-state index in [0.29, 0.717) is 18.5 Å². The van der Waals surface area contributed by atoms with Crippen molar-refractivity contribution < 1.29 is 9.90 Å². The maximum absolute atomic E-state index is 12.6. The number of piperazine rings is 1. The first kappa shape index (κ1) is 20.9. The summed E-state index contributed by atoms with van der Waals surface area (Å²) in [5.74, 6) is 0.130. The van der Waals surface area contributed by atoms with Crippen molar-refractivity contribution in [3.63, 3.8) is 0 Å². The van der Waals surface area contributed by atoms with Gasteiger partial charge in [-0.05, 0) is 55.4 Å². The van der Waals surface area contributed by atoms with Crippen LogP contribution in [-0.2, 0) is 6.42 Å². The maximum Gasteiger partial charge on any atom is 0.251 e. The lowest BCUT2D eigenvalue weighted by Gasteiger charge is -2.34. The highest BCUT2D eigenvalue weighted by atomic mass is 16.3. The molecule has 1 fully saturated rings. The van der Waals surface area contributed by atoms with Gasteiger partial charge in [0.05, 0.1) is 5.69 Å². The molecule has 1 saturated heterocycles. The van der Waals surface area contributed by atoms with E-state index in [1.165, 1.54) is 5.69 Å². The molecule has 0 unspecified atom stereocenters. The average Bonchev–Trinajstić information content (AvgIpc) is 2.81. The number of aromatic hydroxyl groups is 1. The molecule has 4 rings (SSSR count). The molecule has 0 spiro atoms. The fraction of sp³-hybridized carbons (Fsp3) is 0.280. The molecule has 0 bridgehead atoms. The smallest absolute Gasteiger partial charge is 0.251 e. The molecule has 1 amide bonds. The lowest BCUT2D eigenvalue weighted by Crippen LogP contribution is -2.44. The number of nitrogens with zero attached hydrogens (tertiary/aromatic N) is 3. The minimum Gasteiger partial charge on any atom is -0.508 e. The topological polar surface area (TPSA) is 68.7 Å². The van der Waals surface area contributed by atoms with Crippen molar-refractivity contribution in [1.29, 1.82) is 0 Å². The number of hydrogen-bond donors (Lipinski definition) is 2. The lowest BCUT2D eigenvalue weighted by molar-refractivity contribution is 0.0954. The molecule has 2 aromatic carbocycles. The van der Waals surface area contributed by atoms with Crippen molar-refractivity contribution in [3.05, 3.63) is 78.0 Å². The fourth-order valence-electron chi connectivity index (χ4n) is 3.72. The summed E-state index contributed by atoms with van der Waals surface area (Å²) in [6, 6.07) is 19.0. The molecule has 0 saturated carbocycles. The molecule has 0 radical (unpaired) electrons. The summed E-state index contributed by atoms with van der Waals surface area (Å²) in [5, 5.41) is 12.3. The number of carbonyl (C=O) groups excluding carboxylic acids is 1. The summed E-state index contributed by atoms with van der Waals surface area (Å²) in [5.41, 5.74) is 4.67. The van der Waals surface area contributed by atoms with E-state index in [1.807, 2.05) is 18.2 Å². The van der Waals surface area contributed by atoms with Crippen LogP contribution in [0.1, 0.15) is 15.9 Å². The number of rotatable bonds is 6. The molecule has 3 aromatic rings. The molecule has 160 valence electrons. The molecule has 2 N–H and O–H groups in total. The van der Waals surface area contributed by atoms with Gasteiger partial charge in [-0.1, -0.05) is 24.3 Å². The van der Waals surface area contributed by atoms with Crippen molar-refractivity contribution in [1.82, 2.24) is 15.2 Å². The van der Waals surface area contributed by atoms with E-state index in [9.17, 15) is 9.90 Å². The van der Waals surface area contributed by atoms with E-state index in [4.69, 9.17) is 0 Å². The second kappa shape index (κ2) is 9.62. The largest absolute Gasteiger partial charge is 0.508 e. The highest BCUT2D eigenvalue weighted by Crippen LogP contribution is 2.23. The number of pyridine rings is 1. The van der Waals surface area contributed by atoms with Gasteiger partial charge < -0.3 is 20.2 Å². The monoisotopic (exact) mass is 416 g/mol. The summed E-state index contributed by atoms with van der Waals surface area (Å²) >= 11 is 0. The zero-order valence-corrected chi connectivity index (χ0v) is 17.8. The predicted octanol–water partition coefficient (Wildman–Crippen LogP) is 3.18. The van der Waals surface area contributed by atoms with Gasteiger partial charge in [-0.15, -0.1) is 0 Å². The Morgan fingerprint density at radius 1 is 1.00 bits per heavy atom. The molecular formula is C25H28N4O2. The van der Waals surface area contributed by atoms with E-state index < -0.39 is 0 Å². The zero-order chi connectivity index (χ0) is 21.6. The summed E-state index contributed by atoms with van der Waals surface area (Å²) in [6.07, 6.45) is 2.39. The number of nitrogens with one attached hydrogen (secondary N) is 1. The van der Waals surface area contributed by atoms with Crippen LogP contribution in [0.2, 0.25) is 0 Å². The van der Waals surface area contributed by atoms with E-state index in [2.05, 4.69) is 51.4 Å². The Morgan fingerprint density at radius 3 is 2.42 bits per heavy atom. The van der Waals surface area contributed by atoms with Crippen molar-refractivity contribution in [2.45, 2.75) is 6.42 Å². The minimum absolute atomic E-state index is 0.114. The van der Waals surface area contributed by atoms with Crippen molar-refractivity contribution >= 4 is 11.6 Å². The van der Waals surface area contributed by atoms with E-state index in [-0.39, 0.29) is 11.7 Å². The third kappa shape index (κ3) is 5.41. The minimum atomic E-state index is -0.114. The summed E-state index contributed by atoms with van der Waals surface area (Å²) < 4.78 is 0. The SMILES string of the molecule is CN1CCN(c2ccc(-c3cc(C(=O)NCCc4ccc(O)cc4)ccn3)cc2)CC1. The Balaban J connectivity index is 1.37. The molecule has 1 aromatic heterocycles. The Morgan fingerprint density at radius 2 is 1.71 bits per heavy atom. The van der Waals surface area contributed by atoms with Crippen LogP contribution in [0.25, 0.3) is 11.3 Å². The van der Waals surface area contributed by atoms with Crippen LogP contribution in [0, 0.1) is 0 Å². The maximum atomic E-state index is 12.6. The standard InChI is InChI=1S/C25H28N4O2/c1-28-14-16-29(17-15-28)22-6-4-20(5-7-22)24-18-21(11-13-26-24)25(31)27-12-10-19-2-8-23(30)9-3-19/h2-9,11,13,18,30H,10,12,14-17H2,1H3,(H,27,31). The number of likely N-dealkylation sites (N-methyl/N-ethyl adjacent to an activating group) is 1. The van der Waals surface area contributed by atoms with Crippen LogP contribution in [0.5, 0.6) is 5.75 Å². The van der Waals surface area contributed by atoms with Gasteiger partial charge in [0.2, 0.25) is 0 Å². The van der Waals surface area contributed by atoms with Crippen LogP contribution in [0.3, 0.4) is 0 Å². The molecule has 31 heavy (non-hydrogen) atoms. The van der Waals surface area contributed by atoms with Crippen LogP contribution in [0.4, 0.5) is 5.69 Å². The number of phenols is 1. The van der Waals surface area contributed by atoms with E-state index >= 15 is 0 Å². The number of phenolic OH excluding ortho intramolecular Hbond substituents is 1. The number of anilines is 1. The number of amides is 1. The summed E-state index contributed by atoms with van der Waals surface area (Å²) in [7, 11) is 2.16. The van der Waals surface area contributed by atoms with Gasteiger partial charge >= 0.3 is 0 Å². The van der Waals surface area contributed by atoms with Crippen molar-refractivity contribution in [2.75, 3.05) is 44.7 Å². The highest BCUT2D eigenvalue weighted by molar-refractivity contribution is 5.95. The third-order valence-corrected chi connectivity index (χ3v) is 5.69. The quantitative estimate of drug-likeness (QED) is 0.646. The summed E-state index contributed by atoms with van der Waals surface area (Å²) in [6.45, 7) is 4.75. The van der Waals surface area contributed by atoms with Gasteiger partial charge in [-0.2, -0.15) is 0 Å². The molecule has 0 atom stereocenters. The van der Waals surface area contributed by atoms with E-state index in [0.717, 1.165) is 43.0 Å².